The Bertz CT molecular complexity index is 1230. The lowest BCUT2D eigenvalue weighted by atomic mass is 9.97. The van der Waals surface area contributed by atoms with Gasteiger partial charge in [0.1, 0.15) is 17.6 Å². The smallest absolute Gasteiger partial charge is 0.326 e. The summed E-state index contributed by atoms with van der Waals surface area (Å²) in [6, 6.07) is 7.53. The van der Waals surface area contributed by atoms with E-state index in [-0.39, 0.29) is 17.4 Å². The van der Waals surface area contributed by atoms with Gasteiger partial charge in [-0.15, -0.1) is 0 Å². The van der Waals surface area contributed by atoms with Crippen LogP contribution in [0.4, 0.5) is 4.39 Å². The third kappa shape index (κ3) is 6.33. The van der Waals surface area contributed by atoms with E-state index in [0.29, 0.717) is 35.2 Å². The summed E-state index contributed by atoms with van der Waals surface area (Å²) in [4.78, 5) is 28.2. The SMILES string of the molecule is O=C(O)C1CCCN1C(=O)c1cc(C2CC2)c(O/C=C/C2CCCN(Cc3cc(Cl)cc(Cl)c3)C2)cc1F. The molecule has 5 rings (SSSR count). The van der Waals surface area contributed by atoms with Crippen LogP contribution in [-0.2, 0) is 11.3 Å². The molecule has 1 aliphatic carbocycles. The summed E-state index contributed by atoms with van der Waals surface area (Å²) >= 11 is 12.3. The van der Waals surface area contributed by atoms with E-state index in [1.54, 1.807) is 18.4 Å². The number of amides is 1. The second-order valence-electron chi connectivity index (χ2n) is 10.5. The minimum atomic E-state index is -1.05. The summed E-state index contributed by atoms with van der Waals surface area (Å²) in [6.07, 6.45) is 8.62. The molecule has 0 bridgehead atoms. The Hall–Kier alpha value is -2.61. The van der Waals surface area contributed by atoms with Crippen LogP contribution in [0.15, 0.2) is 42.7 Å². The Labute approximate surface area is 232 Å². The number of benzene rings is 2. The number of piperidine rings is 1. The van der Waals surface area contributed by atoms with Crippen LogP contribution in [0.1, 0.15) is 65.9 Å². The third-order valence-corrected chi connectivity index (χ3v) is 8.00. The summed E-state index contributed by atoms with van der Waals surface area (Å²) in [5.41, 5.74) is 1.79. The van der Waals surface area contributed by atoms with E-state index in [1.807, 2.05) is 18.2 Å². The molecule has 0 aromatic heterocycles. The predicted octanol–water partition coefficient (Wildman–Crippen LogP) is 6.50. The fraction of sp³-hybridized carbons (Fsp3) is 0.448. The average molecular weight is 561 g/mol. The van der Waals surface area contributed by atoms with E-state index in [0.717, 1.165) is 56.4 Å². The molecule has 1 N–H and O–H groups in total. The van der Waals surface area contributed by atoms with Gasteiger partial charge in [0.15, 0.2) is 0 Å². The highest BCUT2D eigenvalue weighted by molar-refractivity contribution is 6.34. The van der Waals surface area contributed by atoms with Crippen LogP contribution in [-0.4, -0.2) is 52.5 Å². The summed E-state index contributed by atoms with van der Waals surface area (Å²) in [7, 11) is 0. The first kappa shape index (κ1) is 27.0. The van der Waals surface area contributed by atoms with Gasteiger partial charge in [0, 0.05) is 35.7 Å². The quantitative estimate of drug-likeness (QED) is 0.373. The summed E-state index contributed by atoms with van der Waals surface area (Å²) < 4.78 is 21.1. The lowest BCUT2D eigenvalue weighted by Gasteiger charge is -2.31. The van der Waals surface area contributed by atoms with Gasteiger partial charge in [0.25, 0.3) is 5.91 Å². The highest BCUT2D eigenvalue weighted by Crippen LogP contribution is 2.45. The van der Waals surface area contributed by atoms with Crippen molar-refractivity contribution in [2.45, 2.75) is 57.0 Å². The van der Waals surface area contributed by atoms with E-state index in [2.05, 4.69) is 4.90 Å². The van der Waals surface area contributed by atoms with Gasteiger partial charge in [-0.1, -0.05) is 23.2 Å². The molecule has 2 atom stereocenters. The number of carboxylic acids is 1. The molecule has 2 heterocycles. The van der Waals surface area contributed by atoms with Gasteiger partial charge in [-0.2, -0.15) is 0 Å². The first-order valence-corrected chi connectivity index (χ1v) is 13.9. The first-order valence-electron chi connectivity index (χ1n) is 13.2. The molecule has 6 nitrogen and oxygen atoms in total. The normalized spacial score (nSPS) is 22.2. The maximum Gasteiger partial charge on any atom is 0.326 e. The Balaban J connectivity index is 1.25. The van der Waals surface area contributed by atoms with Crippen molar-refractivity contribution in [3.05, 3.63) is 75.2 Å². The van der Waals surface area contributed by atoms with Gasteiger partial charge in [0.2, 0.25) is 0 Å². The fourth-order valence-corrected chi connectivity index (χ4v) is 6.12. The highest BCUT2D eigenvalue weighted by Gasteiger charge is 2.37. The fourth-order valence-electron chi connectivity index (χ4n) is 5.55. The molecular formula is C29H31Cl2FN2O4. The zero-order valence-corrected chi connectivity index (χ0v) is 22.6. The molecule has 2 aliphatic heterocycles. The Morgan fingerprint density at radius 2 is 1.76 bits per heavy atom. The minimum Gasteiger partial charge on any atom is -0.480 e. The van der Waals surface area contributed by atoms with Gasteiger partial charge >= 0.3 is 5.97 Å². The number of hydrogen-bond acceptors (Lipinski definition) is 4. The predicted molar refractivity (Wildman–Crippen MR) is 144 cm³/mol. The van der Waals surface area contributed by atoms with E-state index >= 15 is 4.39 Å². The number of aliphatic carboxylic acids is 1. The summed E-state index contributed by atoms with van der Waals surface area (Å²) in [6.45, 7) is 2.93. The summed E-state index contributed by atoms with van der Waals surface area (Å²) in [5, 5.41) is 10.7. The zero-order chi connectivity index (χ0) is 26.8. The van der Waals surface area contributed by atoms with Crippen molar-refractivity contribution in [1.82, 2.24) is 9.80 Å². The van der Waals surface area contributed by atoms with Crippen molar-refractivity contribution >= 4 is 35.1 Å². The largest absolute Gasteiger partial charge is 0.480 e. The molecule has 1 amide bonds. The average Bonchev–Trinajstić information content (AvgIpc) is 3.58. The molecule has 202 valence electrons. The number of hydrogen-bond donors (Lipinski definition) is 1. The standard InChI is InChI=1S/C29H31Cl2FN2O4/c30-21-11-19(12-22(31)13-21)17-33-8-1-3-18(16-33)7-10-38-27-15-25(32)24(14-23(27)20-5-6-20)28(35)34-9-2-4-26(34)29(36)37/h7,10-15,18,20,26H,1-6,8-9,16-17H2,(H,36,37)/b10-7+. The molecule has 0 radical (unpaired) electrons. The van der Waals surface area contributed by atoms with Gasteiger partial charge < -0.3 is 14.7 Å². The molecule has 3 aliphatic rings. The molecule has 2 saturated heterocycles. The lowest BCUT2D eigenvalue weighted by molar-refractivity contribution is -0.141. The topological polar surface area (TPSA) is 70.1 Å². The Morgan fingerprint density at radius 3 is 2.47 bits per heavy atom. The molecular weight excluding hydrogens is 530 g/mol. The number of carbonyl (C=O) groups excluding carboxylic acids is 1. The van der Waals surface area contributed by atoms with Crippen LogP contribution in [0.2, 0.25) is 10.0 Å². The third-order valence-electron chi connectivity index (χ3n) is 7.56. The number of nitrogens with zero attached hydrogens (tertiary/aromatic N) is 2. The van der Waals surface area contributed by atoms with Gasteiger partial charge in [-0.25, -0.2) is 9.18 Å². The van der Waals surface area contributed by atoms with Crippen LogP contribution in [0.5, 0.6) is 5.75 Å². The lowest BCUT2D eigenvalue weighted by Crippen LogP contribution is -2.40. The van der Waals surface area contributed by atoms with Crippen LogP contribution in [0.25, 0.3) is 0 Å². The molecule has 2 aromatic carbocycles. The second-order valence-corrected chi connectivity index (χ2v) is 11.4. The maximum absolute atomic E-state index is 15.1. The van der Waals surface area contributed by atoms with Crippen LogP contribution in [0, 0.1) is 11.7 Å². The van der Waals surface area contributed by atoms with Gasteiger partial charge in [-0.05, 0) is 98.4 Å². The van der Waals surface area contributed by atoms with Crippen molar-refractivity contribution in [2.24, 2.45) is 5.92 Å². The first-order chi connectivity index (χ1) is 18.3. The molecule has 1 saturated carbocycles. The van der Waals surface area contributed by atoms with Crippen LogP contribution in [0.3, 0.4) is 0 Å². The maximum atomic E-state index is 15.1. The Kier molecular flexibility index (Phi) is 8.26. The number of ether oxygens (including phenoxy) is 1. The van der Waals surface area contributed by atoms with Crippen molar-refractivity contribution in [3.8, 4) is 5.75 Å². The molecule has 2 aromatic rings. The van der Waals surface area contributed by atoms with Crippen molar-refractivity contribution in [2.75, 3.05) is 19.6 Å². The Morgan fingerprint density at radius 1 is 1.03 bits per heavy atom. The second kappa shape index (κ2) is 11.6. The molecule has 3 fully saturated rings. The highest BCUT2D eigenvalue weighted by atomic mass is 35.5. The molecule has 38 heavy (non-hydrogen) atoms. The molecule has 9 heteroatoms. The number of halogens is 3. The summed E-state index contributed by atoms with van der Waals surface area (Å²) in [5.74, 6) is -1.40. The zero-order valence-electron chi connectivity index (χ0n) is 21.0. The van der Waals surface area contributed by atoms with Crippen molar-refractivity contribution in [1.29, 1.82) is 0 Å². The van der Waals surface area contributed by atoms with Gasteiger partial charge in [-0.3, -0.25) is 9.69 Å². The number of carbonyl (C=O) groups is 2. The minimum absolute atomic E-state index is 0.0829. The monoisotopic (exact) mass is 560 g/mol. The van der Waals surface area contributed by atoms with E-state index in [4.69, 9.17) is 27.9 Å². The molecule has 0 spiro atoms. The van der Waals surface area contributed by atoms with E-state index < -0.39 is 23.7 Å². The number of rotatable bonds is 8. The van der Waals surface area contributed by atoms with Crippen molar-refractivity contribution in [3.63, 3.8) is 0 Å². The van der Waals surface area contributed by atoms with Gasteiger partial charge in [0.05, 0.1) is 11.8 Å². The van der Waals surface area contributed by atoms with E-state index in [1.165, 1.54) is 11.0 Å². The van der Waals surface area contributed by atoms with Crippen LogP contribution >= 0.6 is 23.2 Å². The van der Waals surface area contributed by atoms with Crippen molar-refractivity contribution < 1.29 is 23.8 Å². The number of likely N-dealkylation sites (tertiary alicyclic amines) is 2. The number of carboxylic acid groups (broad SMARTS) is 1. The van der Waals surface area contributed by atoms with Crippen LogP contribution < -0.4 is 4.74 Å². The van der Waals surface area contributed by atoms with E-state index in [9.17, 15) is 14.7 Å². The molecule has 2 unspecified atom stereocenters.